The molecule has 1 spiro atoms. The van der Waals surface area contributed by atoms with Gasteiger partial charge in [0.1, 0.15) is 5.75 Å². The van der Waals surface area contributed by atoms with Crippen molar-refractivity contribution in [3.05, 3.63) is 83.7 Å². The van der Waals surface area contributed by atoms with Gasteiger partial charge in [-0.15, -0.1) is 6.58 Å². The van der Waals surface area contributed by atoms with E-state index in [0.29, 0.717) is 31.2 Å². The Bertz CT molecular complexity index is 1500. The van der Waals surface area contributed by atoms with Gasteiger partial charge in [0.15, 0.2) is 6.29 Å². The fraction of sp³-hybridized carbons (Fsp3) is 0.457. The zero-order valence-electron chi connectivity index (χ0n) is 25.8. The Morgan fingerprint density at radius 3 is 2.75 bits per heavy atom. The fourth-order valence-electron chi connectivity index (χ4n) is 6.86. The van der Waals surface area contributed by atoms with Gasteiger partial charge in [0, 0.05) is 54.0 Å². The number of likely N-dealkylation sites (tertiary alicyclic amines) is 1. The van der Waals surface area contributed by atoms with Crippen molar-refractivity contribution in [1.82, 2.24) is 24.9 Å². The normalized spacial score (nSPS) is 18.4. The molecule has 1 amide bonds. The van der Waals surface area contributed by atoms with Crippen LogP contribution in [0.2, 0.25) is 0 Å². The summed E-state index contributed by atoms with van der Waals surface area (Å²) in [6.07, 6.45) is 10.2. The second-order valence-electron chi connectivity index (χ2n) is 12.5. The van der Waals surface area contributed by atoms with E-state index >= 15 is 0 Å². The van der Waals surface area contributed by atoms with Crippen LogP contribution in [-0.4, -0.2) is 84.8 Å². The molecule has 1 N–H and O–H groups in total. The molecule has 6 rings (SSSR count). The van der Waals surface area contributed by atoms with E-state index in [-0.39, 0.29) is 17.4 Å². The van der Waals surface area contributed by atoms with Gasteiger partial charge in [0.05, 0.1) is 38.1 Å². The van der Waals surface area contributed by atoms with E-state index in [1.807, 2.05) is 35.0 Å². The highest BCUT2D eigenvalue weighted by Crippen LogP contribution is 2.48. The summed E-state index contributed by atoms with van der Waals surface area (Å²) in [5, 5.41) is 7.34. The van der Waals surface area contributed by atoms with Crippen molar-refractivity contribution in [3.63, 3.8) is 0 Å². The van der Waals surface area contributed by atoms with E-state index in [4.69, 9.17) is 9.47 Å². The first-order valence-corrected chi connectivity index (χ1v) is 15.7. The van der Waals surface area contributed by atoms with E-state index in [1.54, 1.807) is 7.05 Å². The molecular formula is C35H43N5O4. The average molecular weight is 598 g/mol. The van der Waals surface area contributed by atoms with Crippen LogP contribution >= 0.6 is 0 Å². The lowest BCUT2D eigenvalue weighted by Crippen LogP contribution is -2.43. The Kier molecular flexibility index (Phi) is 8.98. The van der Waals surface area contributed by atoms with Crippen LogP contribution in [0.15, 0.2) is 61.4 Å². The lowest BCUT2D eigenvalue weighted by Gasteiger charge is -2.38. The molecule has 3 aliphatic heterocycles. The summed E-state index contributed by atoms with van der Waals surface area (Å²) >= 11 is 0. The first kappa shape index (κ1) is 30.2. The number of nitrogens with one attached hydrogen (secondary N) is 1. The van der Waals surface area contributed by atoms with E-state index < -0.39 is 0 Å². The van der Waals surface area contributed by atoms with Crippen LogP contribution in [0, 0.1) is 0 Å². The maximum atomic E-state index is 12.7. The summed E-state index contributed by atoms with van der Waals surface area (Å²) in [6.45, 7) is 9.20. The highest BCUT2D eigenvalue weighted by Gasteiger charge is 2.44. The molecule has 9 heteroatoms. The summed E-state index contributed by atoms with van der Waals surface area (Å²) in [7, 11) is 3.59. The molecule has 4 heterocycles. The number of fused-ring (bicyclic) bond motifs is 2. The van der Waals surface area contributed by atoms with Gasteiger partial charge in [0.25, 0.3) is 0 Å². The summed E-state index contributed by atoms with van der Waals surface area (Å²) in [6, 6.07) is 12.8. The van der Waals surface area contributed by atoms with Gasteiger partial charge in [-0.1, -0.05) is 36.4 Å². The van der Waals surface area contributed by atoms with Crippen LogP contribution in [-0.2, 0) is 28.0 Å². The van der Waals surface area contributed by atoms with Crippen LogP contribution in [0.25, 0.3) is 11.1 Å². The van der Waals surface area contributed by atoms with E-state index in [9.17, 15) is 9.59 Å². The molecule has 9 nitrogen and oxygen atoms in total. The molecule has 44 heavy (non-hydrogen) atoms. The molecular weight excluding hydrogens is 554 g/mol. The number of piperidine rings is 1. The molecule has 0 saturated carbocycles. The van der Waals surface area contributed by atoms with Crippen molar-refractivity contribution < 1.29 is 19.1 Å². The van der Waals surface area contributed by atoms with E-state index in [1.165, 1.54) is 16.7 Å². The molecule has 3 aliphatic rings. The van der Waals surface area contributed by atoms with Crippen LogP contribution in [0.4, 0.5) is 0 Å². The summed E-state index contributed by atoms with van der Waals surface area (Å²) < 4.78 is 13.8. The zero-order valence-corrected chi connectivity index (χ0v) is 25.8. The Morgan fingerprint density at radius 2 is 2.05 bits per heavy atom. The standard InChI is InChI=1S/C35H43N5O4/c1-4-5-9-32(34(42)36-2)38(3)20-30-27(21-41)10-11-31-33(30)44-24-35(31)12-14-39(15-13-35)18-25-7-6-8-26(16-25)28-17-37-40(19-28)29-22-43-23-29/h4,6-8,10-11,16-17,19,21,29,32H,1,5,9,12-15,18,20,22-24H2,2-3H3,(H,36,42). The number of hydrogen-bond donors (Lipinski definition) is 1. The molecule has 0 radical (unpaired) electrons. The molecule has 232 valence electrons. The third-order valence-electron chi connectivity index (χ3n) is 9.70. The first-order valence-electron chi connectivity index (χ1n) is 15.7. The number of benzene rings is 2. The second-order valence-corrected chi connectivity index (χ2v) is 12.5. The molecule has 1 unspecified atom stereocenters. The van der Waals surface area contributed by atoms with Gasteiger partial charge in [0.2, 0.25) is 5.91 Å². The number of amides is 1. The number of carbonyl (C=O) groups excluding carboxylic acids is 2. The van der Waals surface area contributed by atoms with E-state index in [2.05, 4.69) is 58.4 Å². The van der Waals surface area contributed by atoms with Gasteiger partial charge in [-0.3, -0.25) is 24.1 Å². The molecule has 0 aliphatic carbocycles. The third kappa shape index (κ3) is 5.96. The maximum absolute atomic E-state index is 12.7. The molecule has 2 aromatic carbocycles. The smallest absolute Gasteiger partial charge is 0.237 e. The van der Waals surface area contributed by atoms with Gasteiger partial charge in [-0.05, 0) is 63.0 Å². The molecule has 1 atom stereocenters. The maximum Gasteiger partial charge on any atom is 0.237 e. The summed E-state index contributed by atoms with van der Waals surface area (Å²) in [4.78, 5) is 29.3. The van der Waals surface area contributed by atoms with Gasteiger partial charge >= 0.3 is 0 Å². The number of rotatable bonds is 12. The number of aldehydes is 1. The van der Waals surface area contributed by atoms with Crippen molar-refractivity contribution >= 4 is 12.2 Å². The highest BCUT2D eigenvalue weighted by molar-refractivity contribution is 5.82. The topological polar surface area (TPSA) is 88.9 Å². The number of allylic oxidation sites excluding steroid dienone is 1. The highest BCUT2D eigenvalue weighted by atomic mass is 16.5. The summed E-state index contributed by atoms with van der Waals surface area (Å²) in [5.74, 6) is 0.791. The van der Waals surface area contributed by atoms with Crippen molar-refractivity contribution in [2.75, 3.05) is 47.0 Å². The Balaban J connectivity index is 1.14. The monoisotopic (exact) mass is 597 g/mol. The van der Waals surface area contributed by atoms with Gasteiger partial charge in [-0.2, -0.15) is 5.10 Å². The van der Waals surface area contributed by atoms with Crippen molar-refractivity contribution in [2.24, 2.45) is 0 Å². The lowest BCUT2D eigenvalue weighted by molar-refractivity contribution is -0.125. The minimum atomic E-state index is -0.320. The molecule has 2 saturated heterocycles. The van der Waals surface area contributed by atoms with Crippen LogP contribution in [0.1, 0.15) is 58.8 Å². The van der Waals surface area contributed by atoms with Crippen molar-refractivity contribution in [1.29, 1.82) is 0 Å². The molecule has 1 aromatic heterocycles. The molecule has 3 aromatic rings. The lowest BCUT2D eigenvalue weighted by atomic mass is 9.73. The van der Waals surface area contributed by atoms with Crippen LogP contribution in [0.5, 0.6) is 5.75 Å². The number of hydrogen-bond acceptors (Lipinski definition) is 7. The Labute approximate surface area is 259 Å². The van der Waals surface area contributed by atoms with Gasteiger partial charge in [-0.25, -0.2) is 0 Å². The van der Waals surface area contributed by atoms with Crippen molar-refractivity contribution in [3.8, 4) is 16.9 Å². The number of nitrogens with zero attached hydrogens (tertiary/aromatic N) is 4. The SMILES string of the molecule is C=CCCC(C(=O)NC)N(C)Cc1c(C=O)ccc2c1OCC21CCN(Cc2cccc(-c3cnn(C4COC4)c3)c2)CC1. The third-order valence-corrected chi connectivity index (χ3v) is 9.70. The minimum Gasteiger partial charge on any atom is -0.492 e. The molecule has 0 bridgehead atoms. The number of aromatic nitrogens is 2. The minimum absolute atomic E-state index is 0.0382. The Morgan fingerprint density at radius 1 is 1.23 bits per heavy atom. The predicted octanol–water partition coefficient (Wildman–Crippen LogP) is 4.37. The van der Waals surface area contributed by atoms with Gasteiger partial charge < -0.3 is 14.8 Å². The fourth-order valence-corrected chi connectivity index (χ4v) is 6.86. The molecule has 2 fully saturated rings. The average Bonchev–Trinajstić information content (AvgIpc) is 3.64. The number of likely N-dealkylation sites (N-methyl/N-ethyl adjacent to an activating group) is 2. The van der Waals surface area contributed by atoms with Crippen LogP contribution in [0.3, 0.4) is 0 Å². The predicted molar refractivity (Wildman–Crippen MR) is 170 cm³/mol. The summed E-state index contributed by atoms with van der Waals surface area (Å²) in [5.41, 5.74) is 6.24. The first-order chi connectivity index (χ1) is 21.4. The van der Waals surface area contributed by atoms with Crippen LogP contribution < -0.4 is 10.1 Å². The second kappa shape index (κ2) is 13.1. The van der Waals surface area contributed by atoms with Crippen molar-refractivity contribution in [2.45, 2.75) is 56.3 Å². The van der Waals surface area contributed by atoms with E-state index in [0.717, 1.165) is 75.3 Å². The quantitative estimate of drug-likeness (QED) is 0.245. The Hall–Kier alpha value is -3.79. The number of carbonyl (C=O) groups is 2. The largest absolute Gasteiger partial charge is 0.492 e. The number of ether oxygens (including phenoxy) is 2. The zero-order chi connectivity index (χ0) is 30.7.